The maximum absolute atomic E-state index is 11.8. The fourth-order valence-corrected chi connectivity index (χ4v) is 2.69. The highest BCUT2D eigenvalue weighted by Gasteiger charge is 2.29. The van der Waals surface area contributed by atoms with Crippen molar-refractivity contribution >= 4 is 5.91 Å². The summed E-state index contributed by atoms with van der Waals surface area (Å²) in [4.78, 5) is 13.5. The Hall–Kier alpha value is -2.60. The van der Waals surface area contributed by atoms with Crippen molar-refractivity contribution in [3.05, 3.63) is 71.3 Å². The second-order valence-corrected chi connectivity index (χ2v) is 5.87. The van der Waals surface area contributed by atoms with Crippen LogP contribution >= 0.6 is 0 Å². The largest absolute Gasteiger partial charge is 0.345 e. The Morgan fingerprint density at radius 3 is 2.30 bits per heavy atom. The minimum atomic E-state index is 0.0551. The third-order valence-corrected chi connectivity index (χ3v) is 4.08. The predicted octanol–water partition coefficient (Wildman–Crippen LogP) is 3.57. The summed E-state index contributed by atoms with van der Waals surface area (Å²) in [6, 6.07) is 19.9. The third kappa shape index (κ3) is 4.69. The van der Waals surface area contributed by atoms with E-state index in [2.05, 4.69) is 25.1 Å². The van der Waals surface area contributed by atoms with E-state index in [9.17, 15) is 4.79 Å². The lowest BCUT2D eigenvalue weighted by Gasteiger charge is -2.10. The molecule has 0 aromatic heterocycles. The zero-order valence-electron chi connectivity index (χ0n) is 13.7. The van der Waals surface area contributed by atoms with Gasteiger partial charge in [0.25, 0.3) is 0 Å². The van der Waals surface area contributed by atoms with Gasteiger partial charge in [-0.2, -0.15) is 5.26 Å². The molecule has 3 nitrogen and oxygen atoms in total. The molecule has 1 aliphatic rings. The number of likely N-dealkylation sites (tertiary alicyclic amines) is 1. The lowest BCUT2D eigenvalue weighted by molar-refractivity contribution is -0.129. The van der Waals surface area contributed by atoms with Gasteiger partial charge in [0, 0.05) is 19.5 Å². The van der Waals surface area contributed by atoms with Gasteiger partial charge >= 0.3 is 0 Å². The Morgan fingerprint density at radius 2 is 1.78 bits per heavy atom. The van der Waals surface area contributed by atoms with E-state index < -0.39 is 0 Å². The van der Waals surface area contributed by atoms with Crippen LogP contribution in [0.3, 0.4) is 0 Å². The van der Waals surface area contributed by atoms with Crippen LogP contribution in [0.5, 0.6) is 0 Å². The molecular formula is C20H22N2O. The Morgan fingerprint density at radius 1 is 1.13 bits per heavy atom. The molecule has 23 heavy (non-hydrogen) atoms. The van der Waals surface area contributed by atoms with Crippen molar-refractivity contribution in [1.29, 1.82) is 5.26 Å². The van der Waals surface area contributed by atoms with Crippen LogP contribution in [-0.2, 0) is 11.2 Å². The van der Waals surface area contributed by atoms with Crippen molar-refractivity contribution < 1.29 is 4.79 Å². The minimum absolute atomic E-state index is 0.0551. The molecule has 3 heteroatoms. The lowest BCUT2D eigenvalue weighted by atomic mass is 9.95. The van der Waals surface area contributed by atoms with Crippen LogP contribution in [0.25, 0.3) is 0 Å². The molecular weight excluding hydrogens is 284 g/mol. The van der Waals surface area contributed by atoms with E-state index in [4.69, 9.17) is 5.26 Å². The van der Waals surface area contributed by atoms with E-state index in [-0.39, 0.29) is 11.8 Å². The highest BCUT2D eigenvalue weighted by molar-refractivity contribution is 5.80. The van der Waals surface area contributed by atoms with Gasteiger partial charge in [-0.3, -0.25) is 4.79 Å². The van der Waals surface area contributed by atoms with Crippen LogP contribution < -0.4 is 0 Å². The Kier molecular flexibility index (Phi) is 5.94. The average Bonchev–Trinajstić information content (AvgIpc) is 2.89. The maximum atomic E-state index is 11.8. The molecule has 0 N–H and O–H groups in total. The summed E-state index contributed by atoms with van der Waals surface area (Å²) < 4.78 is 0. The first-order chi connectivity index (χ1) is 11.1. The maximum Gasteiger partial charge on any atom is 0.225 e. The van der Waals surface area contributed by atoms with Crippen LogP contribution in [0.2, 0.25) is 0 Å². The van der Waals surface area contributed by atoms with Crippen LogP contribution in [0, 0.1) is 24.2 Å². The van der Waals surface area contributed by atoms with Gasteiger partial charge in [-0.25, -0.2) is 0 Å². The number of nitriles is 1. The van der Waals surface area contributed by atoms with Crippen LogP contribution in [0.4, 0.5) is 0 Å². The van der Waals surface area contributed by atoms with E-state index >= 15 is 0 Å². The third-order valence-electron chi connectivity index (χ3n) is 4.08. The number of hydrogen-bond acceptors (Lipinski definition) is 2. The van der Waals surface area contributed by atoms with Gasteiger partial charge in [0.1, 0.15) is 0 Å². The number of aryl methyl sites for hydroxylation is 1. The van der Waals surface area contributed by atoms with Crippen LogP contribution in [0.15, 0.2) is 54.6 Å². The number of carbonyl (C=O) groups is 1. The Balaban J connectivity index is 0.000000229. The first-order valence-corrected chi connectivity index (χ1v) is 7.86. The molecule has 1 heterocycles. The summed E-state index contributed by atoms with van der Waals surface area (Å²) in [6.07, 6.45) is 1.59. The average molecular weight is 306 g/mol. The minimum Gasteiger partial charge on any atom is -0.345 e. The molecule has 2 aromatic carbocycles. The zero-order valence-corrected chi connectivity index (χ0v) is 13.7. The number of rotatable bonds is 2. The Labute approximate surface area is 138 Å². The van der Waals surface area contributed by atoms with E-state index in [1.54, 1.807) is 11.0 Å². The van der Waals surface area contributed by atoms with Gasteiger partial charge < -0.3 is 4.90 Å². The molecule has 0 bridgehead atoms. The molecule has 1 unspecified atom stereocenters. The second-order valence-electron chi connectivity index (χ2n) is 5.87. The summed E-state index contributed by atoms with van der Waals surface area (Å²) in [6.45, 7) is 2.91. The summed E-state index contributed by atoms with van der Waals surface area (Å²) in [5, 5.41) is 8.96. The van der Waals surface area contributed by atoms with Gasteiger partial charge in [-0.1, -0.05) is 54.1 Å². The van der Waals surface area contributed by atoms with Gasteiger partial charge in [0.15, 0.2) is 0 Å². The van der Waals surface area contributed by atoms with Crippen LogP contribution in [0.1, 0.15) is 23.1 Å². The molecule has 1 fully saturated rings. The lowest BCUT2D eigenvalue weighted by Crippen LogP contribution is -2.23. The molecule has 0 radical (unpaired) electrons. The molecule has 0 saturated carbocycles. The number of nitrogens with zero attached hydrogens (tertiary/aromatic N) is 2. The van der Waals surface area contributed by atoms with Crippen LogP contribution in [-0.4, -0.2) is 24.4 Å². The molecule has 118 valence electrons. The quantitative estimate of drug-likeness (QED) is 0.851. The fraction of sp³-hybridized carbons (Fsp3) is 0.300. The molecule has 3 rings (SSSR count). The molecule has 0 spiro atoms. The Bertz CT molecular complexity index is 688. The summed E-state index contributed by atoms with van der Waals surface area (Å²) >= 11 is 0. The molecule has 1 amide bonds. The van der Waals surface area contributed by atoms with E-state index in [0.717, 1.165) is 18.5 Å². The highest BCUT2D eigenvalue weighted by atomic mass is 16.2. The van der Waals surface area contributed by atoms with Crippen molar-refractivity contribution in [1.82, 2.24) is 4.90 Å². The first-order valence-electron chi connectivity index (χ1n) is 7.86. The van der Waals surface area contributed by atoms with E-state index in [0.29, 0.717) is 12.0 Å². The van der Waals surface area contributed by atoms with Crippen molar-refractivity contribution in [3.8, 4) is 6.07 Å². The SMILES string of the molecule is CN1CCC(Cc2ccccc2C#N)C1=O.Cc1ccccc1. The molecule has 2 aromatic rings. The van der Waals surface area contributed by atoms with Gasteiger partial charge in [-0.05, 0) is 31.4 Å². The summed E-state index contributed by atoms with van der Waals surface area (Å²) in [5.41, 5.74) is 2.99. The number of carbonyl (C=O) groups excluding carboxylic acids is 1. The normalized spacial score (nSPS) is 16.5. The van der Waals surface area contributed by atoms with Gasteiger partial charge in [-0.15, -0.1) is 0 Å². The monoisotopic (exact) mass is 306 g/mol. The van der Waals surface area contributed by atoms with Crippen molar-refractivity contribution in [2.75, 3.05) is 13.6 Å². The topological polar surface area (TPSA) is 44.1 Å². The molecule has 0 aliphatic carbocycles. The number of hydrogen-bond donors (Lipinski definition) is 0. The van der Waals surface area contributed by atoms with Crippen molar-refractivity contribution in [2.45, 2.75) is 19.8 Å². The van der Waals surface area contributed by atoms with Gasteiger partial charge in [0.05, 0.1) is 11.6 Å². The molecule has 1 atom stereocenters. The van der Waals surface area contributed by atoms with Crippen molar-refractivity contribution in [2.24, 2.45) is 5.92 Å². The van der Waals surface area contributed by atoms with E-state index in [1.165, 1.54) is 5.56 Å². The standard InChI is InChI=1S/C13H14N2O.C7H8/c1-15-7-6-11(13(15)16)8-10-4-2-3-5-12(10)9-14;1-7-5-3-2-4-6-7/h2-5,11H,6-8H2,1H3;2-6H,1H3. The highest BCUT2D eigenvalue weighted by Crippen LogP contribution is 2.22. The smallest absolute Gasteiger partial charge is 0.225 e. The predicted molar refractivity (Wildman–Crippen MR) is 91.8 cm³/mol. The molecule has 1 saturated heterocycles. The fourth-order valence-electron chi connectivity index (χ4n) is 2.69. The number of benzene rings is 2. The van der Waals surface area contributed by atoms with Crippen molar-refractivity contribution in [3.63, 3.8) is 0 Å². The zero-order chi connectivity index (χ0) is 16.7. The number of amides is 1. The second kappa shape index (κ2) is 8.14. The molecule has 1 aliphatic heterocycles. The first kappa shape index (κ1) is 16.8. The van der Waals surface area contributed by atoms with E-state index in [1.807, 2.05) is 43.4 Å². The van der Waals surface area contributed by atoms with Gasteiger partial charge in [0.2, 0.25) is 5.91 Å². The summed E-state index contributed by atoms with van der Waals surface area (Å²) in [7, 11) is 1.83. The summed E-state index contributed by atoms with van der Waals surface area (Å²) in [5.74, 6) is 0.257.